The van der Waals surface area contributed by atoms with Crippen molar-refractivity contribution in [3.05, 3.63) is 51.2 Å². The lowest BCUT2D eigenvalue weighted by atomic mass is 10.2. The first-order valence-corrected chi connectivity index (χ1v) is 10.3. The van der Waals surface area contributed by atoms with Crippen LogP contribution in [0.2, 0.25) is 4.34 Å². The summed E-state index contributed by atoms with van der Waals surface area (Å²) in [5.74, 6) is -0.553. The molecule has 3 N–H and O–H groups in total. The highest BCUT2D eigenvalue weighted by Gasteiger charge is 2.27. The highest BCUT2D eigenvalue weighted by Crippen LogP contribution is 2.28. The number of halogens is 3. The van der Waals surface area contributed by atoms with Crippen LogP contribution < -0.4 is 15.5 Å². The van der Waals surface area contributed by atoms with Gasteiger partial charge in [-0.15, -0.1) is 11.3 Å². The summed E-state index contributed by atoms with van der Waals surface area (Å²) in [5, 5.41) is 16.7. The fourth-order valence-electron chi connectivity index (χ4n) is 3.16. The molecule has 152 valence electrons. The molecule has 2 heterocycles. The molecule has 0 bridgehead atoms. The Kier molecular flexibility index (Phi) is 7.09. The highest BCUT2D eigenvalue weighted by molar-refractivity contribution is 7.16. The minimum atomic E-state index is -0.736. The predicted octanol–water partition coefficient (Wildman–Crippen LogP) is 3.55. The minimum Gasteiger partial charge on any atom is -0.386 e. The van der Waals surface area contributed by atoms with Crippen LogP contribution in [0.15, 0.2) is 35.3 Å². The summed E-state index contributed by atoms with van der Waals surface area (Å²) in [6.07, 6.45) is -0.0121. The van der Waals surface area contributed by atoms with E-state index in [4.69, 9.17) is 11.6 Å². The molecule has 0 saturated carbocycles. The Balaban J connectivity index is 1.61. The van der Waals surface area contributed by atoms with E-state index < -0.39 is 17.7 Å². The monoisotopic (exact) mass is 428 g/mol. The third kappa shape index (κ3) is 5.12. The Morgan fingerprint density at radius 1 is 1.36 bits per heavy atom. The smallest absolute Gasteiger partial charge is 0.191 e. The molecule has 0 amide bonds. The van der Waals surface area contributed by atoms with Gasteiger partial charge < -0.3 is 20.6 Å². The Bertz CT molecular complexity index is 812. The van der Waals surface area contributed by atoms with Gasteiger partial charge in [-0.1, -0.05) is 17.7 Å². The maximum Gasteiger partial charge on any atom is 0.191 e. The largest absolute Gasteiger partial charge is 0.386 e. The minimum absolute atomic E-state index is 0.00914. The van der Waals surface area contributed by atoms with Gasteiger partial charge in [-0.3, -0.25) is 4.99 Å². The third-order valence-electron chi connectivity index (χ3n) is 4.47. The van der Waals surface area contributed by atoms with Gasteiger partial charge in [0.15, 0.2) is 5.96 Å². The molecule has 1 aliphatic rings. The second kappa shape index (κ2) is 9.54. The SMILES string of the molecule is CCNC(=NCC(O)c1ccc(Cl)s1)NC1CCN(c2c(F)cccc2F)C1. The molecule has 0 radical (unpaired) electrons. The number of aliphatic hydroxyl groups excluding tert-OH is 1. The number of aliphatic imine (C=N–C) groups is 1. The van der Waals surface area contributed by atoms with Crippen molar-refractivity contribution in [2.24, 2.45) is 4.99 Å². The summed E-state index contributed by atoms with van der Waals surface area (Å²) in [7, 11) is 0. The maximum atomic E-state index is 14.0. The molecule has 28 heavy (non-hydrogen) atoms. The second-order valence-corrected chi connectivity index (χ2v) is 8.27. The Morgan fingerprint density at radius 3 is 2.75 bits per heavy atom. The van der Waals surface area contributed by atoms with Crippen molar-refractivity contribution in [2.45, 2.75) is 25.5 Å². The van der Waals surface area contributed by atoms with E-state index in [2.05, 4.69) is 15.6 Å². The molecular weight excluding hydrogens is 406 g/mol. The summed E-state index contributed by atoms with van der Waals surface area (Å²) in [4.78, 5) is 6.90. The van der Waals surface area contributed by atoms with Crippen molar-refractivity contribution in [2.75, 3.05) is 31.1 Å². The zero-order valence-electron chi connectivity index (χ0n) is 15.5. The quantitative estimate of drug-likeness (QED) is 0.486. The summed E-state index contributed by atoms with van der Waals surface area (Å²) in [5.41, 5.74) is 0.0127. The zero-order valence-corrected chi connectivity index (χ0v) is 17.0. The molecule has 1 aromatic heterocycles. The van der Waals surface area contributed by atoms with Crippen molar-refractivity contribution in [1.82, 2.24) is 10.6 Å². The van der Waals surface area contributed by atoms with E-state index in [1.54, 1.807) is 17.0 Å². The van der Waals surface area contributed by atoms with Crippen LogP contribution in [-0.4, -0.2) is 43.3 Å². The van der Waals surface area contributed by atoms with Crippen LogP contribution in [0.5, 0.6) is 0 Å². The molecule has 1 aliphatic heterocycles. The number of hydrogen-bond acceptors (Lipinski definition) is 4. The third-order valence-corrected chi connectivity index (χ3v) is 5.80. The van der Waals surface area contributed by atoms with Crippen molar-refractivity contribution < 1.29 is 13.9 Å². The molecule has 2 aromatic rings. The van der Waals surface area contributed by atoms with Crippen LogP contribution in [0, 0.1) is 11.6 Å². The molecule has 2 atom stereocenters. The van der Waals surface area contributed by atoms with Gasteiger partial charge in [0.25, 0.3) is 0 Å². The number of anilines is 1. The van der Waals surface area contributed by atoms with Crippen LogP contribution in [0.1, 0.15) is 24.3 Å². The number of nitrogens with one attached hydrogen (secondary N) is 2. The highest BCUT2D eigenvalue weighted by atomic mass is 35.5. The molecular formula is C19H23ClF2N4OS. The summed E-state index contributed by atoms with van der Waals surface area (Å²) in [6.45, 7) is 3.80. The van der Waals surface area contributed by atoms with E-state index in [0.717, 1.165) is 11.3 Å². The second-order valence-electron chi connectivity index (χ2n) is 6.52. The number of aliphatic hydroxyl groups is 1. The normalized spacial score (nSPS) is 18.4. The van der Waals surface area contributed by atoms with Gasteiger partial charge in [0.2, 0.25) is 0 Å². The predicted molar refractivity (Wildman–Crippen MR) is 110 cm³/mol. The van der Waals surface area contributed by atoms with Crippen molar-refractivity contribution in [1.29, 1.82) is 0 Å². The number of guanidine groups is 1. The summed E-state index contributed by atoms with van der Waals surface area (Å²) >= 11 is 7.23. The molecule has 2 unspecified atom stereocenters. The van der Waals surface area contributed by atoms with Crippen molar-refractivity contribution in [3.63, 3.8) is 0 Å². The molecule has 9 heteroatoms. The van der Waals surface area contributed by atoms with Crippen molar-refractivity contribution in [3.8, 4) is 0 Å². The number of nitrogens with zero attached hydrogens (tertiary/aromatic N) is 2. The average molecular weight is 429 g/mol. The zero-order chi connectivity index (χ0) is 20.1. The standard InChI is InChI=1S/C19H23ClF2N4OS/c1-2-23-19(24-10-15(27)16-6-7-17(20)28-16)25-12-8-9-26(11-12)18-13(21)4-3-5-14(18)22/h3-7,12,15,27H,2,8-11H2,1H3,(H2,23,24,25). The molecule has 1 saturated heterocycles. The Labute approximate surface area is 172 Å². The van der Waals surface area contributed by atoms with Gasteiger partial charge in [-0.2, -0.15) is 0 Å². The molecule has 0 spiro atoms. The first-order valence-electron chi connectivity index (χ1n) is 9.15. The van der Waals surface area contributed by atoms with Crippen molar-refractivity contribution >= 4 is 34.6 Å². The van der Waals surface area contributed by atoms with E-state index in [-0.39, 0.29) is 18.3 Å². The summed E-state index contributed by atoms with van der Waals surface area (Å²) in [6, 6.07) is 7.41. The molecule has 0 aliphatic carbocycles. The molecule has 5 nitrogen and oxygen atoms in total. The fourth-order valence-corrected chi connectivity index (χ4v) is 4.20. The molecule has 1 fully saturated rings. The Hall–Kier alpha value is -1.90. The number of thiophene rings is 1. The van der Waals surface area contributed by atoms with Gasteiger partial charge in [0.05, 0.1) is 10.9 Å². The lowest BCUT2D eigenvalue weighted by molar-refractivity contribution is 0.191. The molecule has 1 aromatic carbocycles. The van der Waals surface area contributed by atoms with Gasteiger partial charge in [-0.05, 0) is 37.6 Å². The van der Waals surface area contributed by atoms with E-state index in [1.807, 2.05) is 6.92 Å². The lowest BCUT2D eigenvalue weighted by Gasteiger charge is -2.21. The van der Waals surface area contributed by atoms with Gasteiger partial charge in [0.1, 0.15) is 23.4 Å². The topological polar surface area (TPSA) is 59.9 Å². The first-order chi connectivity index (χ1) is 13.5. The number of rotatable bonds is 6. The average Bonchev–Trinajstić information content (AvgIpc) is 3.29. The van der Waals surface area contributed by atoms with Gasteiger partial charge in [-0.25, -0.2) is 8.78 Å². The van der Waals surface area contributed by atoms with Crippen LogP contribution in [0.25, 0.3) is 0 Å². The van der Waals surface area contributed by atoms with Crippen LogP contribution >= 0.6 is 22.9 Å². The fraction of sp³-hybridized carbons (Fsp3) is 0.421. The maximum absolute atomic E-state index is 14.0. The van der Waals surface area contributed by atoms with Crippen LogP contribution in [-0.2, 0) is 0 Å². The van der Waals surface area contributed by atoms with E-state index >= 15 is 0 Å². The lowest BCUT2D eigenvalue weighted by Crippen LogP contribution is -2.45. The summed E-state index contributed by atoms with van der Waals surface area (Å²) < 4.78 is 28.6. The number of benzene rings is 1. The van der Waals surface area contributed by atoms with E-state index in [0.29, 0.717) is 29.9 Å². The first kappa shape index (κ1) is 20.8. The van der Waals surface area contributed by atoms with Crippen LogP contribution in [0.3, 0.4) is 0 Å². The van der Waals surface area contributed by atoms with E-state index in [1.165, 1.54) is 29.5 Å². The Morgan fingerprint density at radius 2 is 2.11 bits per heavy atom. The van der Waals surface area contributed by atoms with Crippen LogP contribution in [0.4, 0.5) is 14.5 Å². The number of para-hydroxylation sites is 1. The van der Waals surface area contributed by atoms with Gasteiger partial charge >= 0.3 is 0 Å². The van der Waals surface area contributed by atoms with E-state index in [9.17, 15) is 13.9 Å². The molecule has 3 rings (SSSR count). The number of hydrogen-bond donors (Lipinski definition) is 3. The van der Waals surface area contributed by atoms with Gasteiger partial charge in [0, 0.05) is 30.6 Å².